The van der Waals surface area contributed by atoms with E-state index >= 15 is 0 Å². The summed E-state index contributed by atoms with van der Waals surface area (Å²) in [6.45, 7) is 0. The van der Waals surface area contributed by atoms with Crippen molar-refractivity contribution in [3.8, 4) is 0 Å². The molecule has 1 amide bonds. The Labute approximate surface area is 135 Å². The number of hydrogen-bond donors (Lipinski definition) is 2. The van der Waals surface area contributed by atoms with Crippen LogP contribution in [-0.4, -0.2) is 11.2 Å². The average Bonchev–Trinajstić information content (AvgIpc) is 2.58. The molecule has 0 fully saturated rings. The van der Waals surface area contributed by atoms with E-state index in [4.69, 9.17) is 5.11 Å². The van der Waals surface area contributed by atoms with E-state index in [-0.39, 0.29) is 5.92 Å². The minimum atomic E-state index is -1.06. The van der Waals surface area contributed by atoms with Gasteiger partial charge in [0.15, 0.2) is 0 Å². The maximum Gasteiger partial charge on any atom is 0.409 e. The molecule has 3 rings (SSSR count). The van der Waals surface area contributed by atoms with Gasteiger partial charge in [0.05, 0.1) is 0 Å². The highest BCUT2D eigenvalue weighted by molar-refractivity contribution is 5.84. The maximum atomic E-state index is 11.1. The van der Waals surface area contributed by atoms with Crippen molar-refractivity contribution in [3.05, 3.63) is 102 Å². The van der Waals surface area contributed by atoms with Gasteiger partial charge < -0.3 is 5.11 Å². The normalized spacial score (nSPS) is 10.5. The molecule has 3 aromatic rings. The van der Waals surface area contributed by atoms with Crippen LogP contribution >= 0.6 is 0 Å². The van der Waals surface area contributed by atoms with Crippen LogP contribution in [-0.2, 0) is 0 Å². The fourth-order valence-electron chi connectivity index (χ4n) is 2.82. The Morgan fingerprint density at radius 2 is 1.22 bits per heavy atom. The smallest absolute Gasteiger partial charge is 0.409 e. The van der Waals surface area contributed by atoms with Gasteiger partial charge in [0.25, 0.3) is 0 Å². The molecule has 3 aromatic carbocycles. The molecule has 0 spiro atoms. The first-order valence-electron chi connectivity index (χ1n) is 7.44. The van der Waals surface area contributed by atoms with E-state index in [1.165, 1.54) is 0 Å². The fourth-order valence-corrected chi connectivity index (χ4v) is 2.82. The molecule has 0 saturated heterocycles. The van der Waals surface area contributed by atoms with Gasteiger partial charge in [0.2, 0.25) is 0 Å². The molecule has 0 heterocycles. The zero-order valence-corrected chi connectivity index (χ0v) is 12.5. The second-order valence-electron chi connectivity index (χ2n) is 5.27. The molecule has 2 N–H and O–H groups in total. The molecule has 0 unspecified atom stereocenters. The number of rotatable bonds is 4. The van der Waals surface area contributed by atoms with Crippen LogP contribution in [0.5, 0.6) is 0 Å². The molecule has 0 radical (unpaired) electrons. The Hall–Kier alpha value is -3.07. The lowest BCUT2D eigenvalue weighted by molar-refractivity contribution is 0.209. The quantitative estimate of drug-likeness (QED) is 0.669. The van der Waals surface area contributed by atoms with E-state index < -0.39 is 6.09 Å². The molecule has 23 heavy (non-hydrogen) atoms. The van der Waals surface area contributed by atoms with Crippen LogP contribution in [0.25, 0.3) is 0 Å². The highest BCUT2D eigenvalue weighted by Gasteiger charge is 2.19. The van der Waals surface area contributed by atoms with Crippen LogP contribution in [0.3, 0.4) is 0 Å². The van der Waals surface area contributed by atoms with Crippen molar-refractivity contribution in [2.75, 3.05) is 5.32 Å². The third kappa shape index (κ3) is 3.40. The average molecular weight is 303 g/mol. The van der Waals surface area contributed by atoms with Crippen LogP contribution in [0.4, 0.5) is 10.5 Å². The number of carbonyl (C=O) groups is 1. The number of anilines is 1. The second kappa shape index (κ2) is 6.79. The lowest BCUT2D eigenvalue weighted by Gasteiger charge is -2.21. The fraction of sp³-hybridized carbons (Fsp3) is 0.0500. The van der Waals surface area contributed by atoms with Gasteiger partial charge >= 0.3 is 6.09 Å². The number of para-hydroxylation sites is 1. The van der Waals surface area contributed by atoms with E-state index in [2.05, 4.69) is 29.6 Å². The first kappa shape index (κ1) is 14.9. The van der Waals surface area contributed by atoms with Gasteiger partial charge in [0.1, 0.15) is 0 Å². The predicted molar refractivity (Wildman–Crippen MR) is 91.9 cm³/mol. The molecular formula is C20H17NO2. The van der Waals surface area contributed by atoms with E-state index in [0.717, 1.165) is 16.7 Å². The monoisotopic (exact) mass is 303 g/mol. The van der Waals surface area contributed by atoms with Crippen molar-refractivity contribution in [3.63, 3.8) is 0 Å². The molecule has 0 aliphatic heterocycles. The Kier molecular flexibility index (Phi) is 4.39. The molecule has 0 aliphatic carbocycles. The van der Waals surface area contributed by atoms with Crippen LogP contribution in [0.15, 0.2) is 84.9 Å². The topological polar surface area (TPSA) is 49.3 Å². The summed E-state index contributed by atoms with van der Waals surface area (Å²) in [6.07, 6.45) is -1.06. The summed E-state index contributed by atoms with van der Waals surface area (Å²) < 4.78 is 0. The second-order valence-corrected chi connectivity index (χ2v) is 5.27. The molecule has 0 atom stereocenters. The van der Waals surface area contributed by atoms with Crippen molar-refractivity contribution in [1.29, 1.82) is 0 Å². The van der Waals surface area contributed by atoms with E-state index in [1.807, 2.05) is 54.6 Å². The van der Waals surface area contributed by atoms with Crippen molar-refractivity contribution in [2.45, 2.75) is 5.92 Å². The van der Waals surface area contributed by atoms with Crippen molar-refractivity contribution >= 4 is 11.8 Å². The Balaban J connectivity index is 2.15. The third-order valence-electron chi connectivity index (χ3n) is 3.78. The zero-order chi connectivity index (χ0) is 16.1. The van der Waals surface area contributed by atoms with Crippen LogP contribution < -0.4 is 5.32 Å². The number of amides is 1. The minimum Gasteiger partial charge on any atom is -0.465 e. The van der Waals surface area contributed by atoms with Crippen molar-refractivity contribution < 1.29 is 9.90 Å². The molecule has 3 nitrogen and oxygen atoms in total. The van der Waals surface area contributed by atoms with Gasteiger partial charge in [-0.05, 0) is 22.8 Å². The summed E-state index contributed by atoms with van der Waals surface area (Å²) in [6, 6.07) is 27.7. The summed E-state index contributed by atoms with van der Waals surface area (Å²) in [4.78, 5) is 11.1. The highest BCUT2D eigenvalue weighted by Crippen LogP contribution is 2.35. The largest absolute Gasteiger partial charge is 0.465 e. The molecule has 0 saturated carbocycles. The molecule has 0 bridgehead atoms. The standard InChI is InChI=1S/C20H17NO2/c22-20(23)21-18-14-8-7-13-17(18)19(15-9-3-1-4-10-15)16-11-5-2-6-12-16/h1-14,19,21H,(H,22,23). The first-order valence-corrected chi connectivity index (χ1v) is 7.44. The molecule has 0 aromatic heterocycles. The SMILES string of the molecule is O=C(O)Nc1ccccc1C(c1ccccc1)c1ccccc1. The predicted octanol–water partition coefficient (Wildman–Crippen LogP) is 4.96. The van der Waals surface area contributed by atoms with E-state index in [1.54, 1.807) is 6.07 Å². The zero-order valence-electron chi connectivity index (χ0n) is 12.5. The van der Waals surface area contributed by atoms with Gasteiger partial charge in [-0.25, -0.2) is 4.79 Å². The van der Waals surface area contributed by atoms with Gasteiger partial charge in [0, 0.05) is 11.6 Å². The Morgan fingerprint density at radius 1 is 0.739 bits per heavy atom. The maximum absolute atomic E-state index is 11.1. The van der Waals surface area contributed by atoms with Gasteiger partial charge in [-0.2, -0.15) is 0 Å². The van der Waals surface area contributed by atoms with Crippen LogP contribution in [0.1, 0.15) is 22.6 Å². The van der Waals surface area contributed by atoms with Crippen molar-refractivity contribution in [2.24, 2.45) is 0 Å². The summed E-state index contributed by atoms with van der Waals surface area (Å²) in [7, 11) is 0. The molecule has 0 aliphatic rings. The summed E-state index contributed by atoms with van der Waals surface area (Å²) in [5.74, 6) is -0.0274. The third-order valence-corrected chi connectivity index (χ3v) is 3.78. The van der Waals surface area contributed by atoms with Crippen LogP contribution in [0.2, 0.25) is 0 Å². The first-order chi connectivity index (χ1) is 11.3. The van der Waals surface area contributed by atoms with Gasteiger partial charge in [-0.15, -0.1) is 0 Å². The lowest BCUT2D eigenvalue weighted by atomic mass is 9.84. The number of benzene rings is 3. The van der Waals surface area contributed by atoms with Crippen molar-refractivity contribution in [1.82, 2.24) is 0 Å². The lowest BCUT2D eigenvalue weighted by Crippen LogP contribution is -2.12. The molecular weight excluding hydrogens is 286 g/mol. The number of carboxylic acid groups (broad SMARTS) is 1. The van der Waals surface area contributed by atoms with Gasteiger partial charge in [-0.3, -0.25) is 5.32 Å². The Morgan fingerprint density at radius 3 is 1.74 bits per heavy atom. The molecule has 3 heteroatoms. The minimum absolute atomic E-state index is 0.0274. The summed E-state index contributed by atoms with van der Waals surface area (Å²) in [5, 5.41) is 11.6. The Bertz CT molecular complexity index is 746. The summed E-state index contributed by atoms with van der Waals surface area (Å²) >= 11 is 0. The number of hydrogen-bond acceptors (Lipinski definition) is 1. The number of nitrogens with one attached hydrogen (secondary N) is 1. The summed E-state index contributed by atoms with van der Waals surface area (Å²) in [5.41, 5.74) is 3.79. The van der Waals surface area contributed by atoms with Crippen LogP contribution in [0, 0.1) is 0 Å². The van der Waals surface area contributed by atoms with Gasteiger partial charge in [-0.1, -0.05) is 78.9 Å². The van der Waals surface area contributed by atoms with E-state index in [0.29, 0.717) is 5.69 Å². The van der Waals surface area contributed by atoms with E-state index in [9.17, 15) is 4.79 Å². The molecule has 114 valence electrons. The highest BCUT2D eigenvalue weighted by atomic mass is 16.4.